The van der Waals surface area contributed by atoms with E-state index in [0.29, 0.717) is 6.04 Å². The van der Waals surface area contributed by atoms with Crippen LogP contribution in [0.4, 0.5) is 0 Å². The Morgan fingerprint density at radius 3 is 3.07 bits per heavy atom. The lowest BCUT2D eigenvalue weighted by Crippen LogP contribution is -2.32. The molecule has 0 radical (unpaired) electrons. The van der Waals surface area contributed by atoms with Crippen molar-refractivity contribution in [2.24, 2.45) is 0 Å². The fraction of sp³-hybridized carbons (Fsp3) is 0.545. The van der Waals surface area contributed by atoms with Gasteiger partial charge in [0, 0.05) is 11.3 Å². The van der Waals surface area contributed by atoms with E-state index in [1.54, 1.807) is 0 Å². The molecule has 82 valence electrons. The van der Waals surface area contributed by atoms with Gasteiger partial charge in [0.15, 0.2) is 0 Å². The van der Waals surface area contributed by atoms with Crippen LogP contribution in [0.2, 0.25) is 0 Å². The summed E-state index contributed by atoms with van der Waals surface area (Å²) in [7, 11) is 0. The van der Waals surface area contributed by atoms with Crippen LogP contribution in [-0.4, -0.2) is 23.5 Å². The summed E-state index contributed by atoms with van der Waals surface area (Å²) in [5, 5.41) is 5.78. The van der Waals surface area contributed by atoms with E-state index in [2.05, 4.69) is 11.6 Å². The summed E-state index contributed by atoms with van der Waals surface area (Å²) in [5.41, 5.74) is 0. The number of rotatable bonds is 3. The van der Waals surface area contributed by atoms with E-state index >= 15 is 0 Å². The molecule has 4 heteroatoms. The van der Waals surface area contributed by atoms with Gasteiger partial charge in [-0.25, -0.2) is 0 Å². The highest BCUT2D eigenvalue weighted by Crippen LogP contribution is 2.28. The summed E-state index contributed by atoms with van der Waals surface area (Å²) in [6.07, 6.45) is 5.63. The summed E-state index contributed by atoms with van der Waals surface area (Å²) in [6.45, 7) is 0. The van der Waals surface area contributed by atoms with Gasteiger partial charge in [0.05, 0.1) is 4.88 Å². The number of thioether (sulfide) groups is 1. The van der Waals surface area contributed by atoms with Crippen LogP contribution in [0.3, 0.4) is 0 Å². The van der Waals surface area contributed by atoms with Gasteiger partial charge in [-0.05, 0) is 37.0 Å². The van der Waals surface area contributed by atoms with E-state index in [-0.39, 0.29) is 5.91 Å². The quantitative estimate of drug-likeness (QED) is 0.881. The standard InChI is InChI=1S/C11H15NOS2/c1-14-9-5-4-8(7-9)12-11(13)10-3-2-6-15-10/h2-3,6,8-9H,4-5,7H2,1H3,(H,12,13). The SMILES string of the molecule is CSC1CCC(NC(=O)c2cccs2)C1. The van der Waals surface area contributed by atoms with Crippen LogP contribution in [-0.2, 0) is 0 Å². The van der Waals surface area contributed by atoms with Gasteiger partial charge in [-0.15, -0.1) is 11.3 Å². The normalized spacial score (nSPS) is 25.4. The second-order valence-electron chi connectivity index (χ2n) is 3.82. The van der Waals surface area contributed by atoms with Gasteiger partial charge in [-0.3, -0.25) is 4.79 Å². The number of thiophene rings is 1. The average molecular weight is 241 g/mol. The molecule has 1 aromatic rings. The third-order valence-electron chi connectivity index (χ3n) is 2.80. The van der Waals surface area contributed by atoms with Crippen molar-refractivity contribution in [3.05, 3.63) is 22.4 Å². The summed E-state index contributed by atoms with van der Waals surface area (Å²) in [4.78, 5) is 12.6. The lowest BCUT2D eigenvalue weighted by atomic mass is 10.2. The Kier molecular flexibility index (Phi) is 3.70. The molecule has 0 bridgehead atoms. The van der Waals surface area contributed by atoms with Crippen molar-refractivity contribution in [2.45, 2.75) is 30.6 Å². The molecule has 2 rings (SSSR count). The molecule has 15 heavy (non-hydrogen) atoms. The fourth-order valence-electron chi connectivity index (χ4n) is 1.95. The molecule has 1 saturated carbocycles. The molecule has 1 aromatic heterocycles. The summed E-state index contributed by atoms with van der Waals surface area (Å²) >= 11 is 3.42. The molecule has 2 nitrogen and oxygen atoms in total. The van der Waals surface area contributed by atoms with E-state index in [1.165, 1.54) is 17.8 Å². The van der Waals surface area contributed by atoms with Crippen LogP contribution < -0.4 is 5.32 Å². The number of nitrogens with one attached hydrogen (secondary N) is 1. The Bertz CT molecular complexity index is 323. The molecule has 2 atom stereocenters. The second-order valence-corrected chi connectivity index (χ2v) is 5.90. The van der Waals surface area contributed by atoms with Gasteiger partial charge in [-0.2, -0.15) is 11.8 Å². The number of amides is 1. The van der Waals surface area contributed by atoms with Gasteiger partial charge in [0.25, 0.3) is 5.91 Å². The molecule has 1 aliphatic carbocycles. The van der Waals surface area contributed by atoms with E-state index in [4.69, 9.17) is 0 Å². The van der Waals surface area contributed by atoms with Crippen molar-refractivity contribution < 1.29 is 4.79 Å². The molecular formula is C11H15NOS2. The third kappa shape index (κ3) is 2.75. The first-order chi connectivity index (χ1) is 7.29. The Labute approximate surface area is 98.5 Å². The van der Waals surface area contributed by atoms with Crippen LogP contribution in [0, 0.1) is 0 Å². The minimum atomic E-state index is 0.0942. The maximum Gasteiger partial charge on any atom is 0.261 e. The molecule has 1 fully saturated rings. The summed E-state index contributed by atoms with van der Waals surface area (Å²) in [5.74, 6) is 0.0942. The van der Waals surface area contributed by atoms with Crippen molar-refractivity contribution in [3.63, 3.8) is 0 Å². The zero-order valence-electron chi connectivity index (χ0n) is 8.73. The topological polar surface area (TPSA) is 29.1 Å². The zero-order valence-corrected chi connectivity index (χ0v) is 10.4. The average Bonchev–Trinajstić information content (AvgIpc) is 2.87. The summed E-state index contributed by atoms with van der Waals surface area (Å²) < 4.78 is 0. The molecule has 2 unspecified atom stereocenters. The largest absolute Gasteiger partial charge is 0.349 e. The third-order valence-corrected chi connectivity index (χ3v) is 4.76. The van der Waals surface area contributed by atoms with Crippen molar-refractivity contribution in [3.8, 4) is 0 Å². The van der Waals surface area contributed by atoms with Gasteiger partial charge >= 0.3 is 0 Å². The van der Waals surface area contributed by atoms with E-state index in [1.807, 2.05) is 29.3 Å². The Morgan fingerprint density at radius 2 is 2.47 bits per heavy atom. The first-order valence-electron chi connectivity index (χ1n) is 5.16. The smallest absolute Gasteiger partial charge is 0.261 e. The first-order valence-corrected chi connectivity index (χ1v) is 7.33. The van der Waals surface area contributed by atoms with E-state index in [0.717, 1.165) is 23.0 Å². The second kappa shape index (κ2) is 5.03. The Morgan fingerprint density at radius 1 is 1.60 bits per heavy atom. The monoisotopic (exact) mass is 241 g/mol. The first kappa shape index (κ1) is 11.0. The number of hydrogen-bond acceptors (Lipinski definition) is 3. The summed E-state index contributed by atoms with van der Waals surface area (Å²) in [6, 6.07) is 4.18. The van der Waals surface area contributed by atoms with Crippen LogP contribution in [0.1, 0.15) is 28.9 Å². The Hall–Kier alpha value is -0.480. The minimum absolute atomic E-state index is 0.0942. The van der Waals surface area contributed by atoms with Crippen LogP contribution in [0.15, 0.2) is 17.5 Å². The van der Waals surface area contributed by atoms with Gasteiger partial charge in [0.2, 0.25) is 0 Å². The van der Waals surface area contributed by atoms with Crippen molar-refractivity contribution >= 4 is 29.0 Å². The molecular weight excluding hydrogens is 226 g/mol. The molecule has 1 amide bonds. The minimum Gasteiger partial charge on any atom is -0.349 e. The maximum atomic E-state index is 11.7. The molecule has 0 aliphatic heterocycles. The number of carbonyl (C=O) groups is 1. The van der Waals surface area contributed by atoms with Crippen molar-refractivity contribution in [1.29, 1.82) is 0 Å². The van der Waals surface area contributed by atoms with E-state index < -0.39 is 0 Å². The van der Waals surface area contributed by atoms with Gasteiger partial charge in [-0.1, -0.05) is 6.07 Å². The maximum absolute atomic E-state index is 11.7. The lowest BCUT2D eigenvalue weighted by molar-refractivity contribution is 0.0942. The molecule has 1 heterocycles. The molecule has 0 saturated heterocycles. The predicted octanol–water partition coefficient (Wildman–Crippen LogP) is 2.76. The highest BCUT2D eigenvalue weighted by molar-refractivity contribution is 7.99. The van der Waals surface area contributed by atoms with Gasteiger partial charge in [0.1, 0.15) is 0 Å². The highest BCUT2D eigenvalue weighted by Gasteiger charge is 2.25. The van der Waals surface area contributed by atoms with Crippen LogP contribution >= 0.6 is 23.1 Å². The van der Waals surface area contributed by atoms with Crippen molar-refractivity contribution in [2.75, 3.05) is 6.26 Å². The molecule has 1 aliphatic rings. The molecule has 0 spiro atoms. The van der Waals surface area contributed by atoms with Crippen molar-refractivity contribution in [1.82, 2.24) is 5.32 Å². The Balaban J connectivity index is 1.86. The number of hydrogen-bond donors (Lipinski definition) is 1. The number of carbonyl (C=O) groups excluding carboxylic acids is 1. The molecule has 0 aromatic carbocycles. The fourth-order valence-corrected chi connectivity index (χ4v) is 3.37. The zero-order chi connectivity index (χ0) is 10.7. The van der Waals surface area contributed by atoms with E-state index in [9.17, 15) is 4.79 Å². The molecule has 1 N–H and O–H groups in total. The van der Waals surface area contributed by atoms with Gasteiger partial charge < -0.3 is 5.32 Å². The van der Waals surface area contributed by atoms with Crippen LogP contribution in [0.5, 0.6) is 0 Å². The predicted molar refractivity (Wildman–Crippen MR) is 66.7 cm³/mol. The van der Waals surface area contributed by atoms with Crippen LogP contribution in [0.25, 0.3) is 0 Å². The lowest BCUT2D eigenvalue weighted by Gasteiger charge is -2.11. The highest BCUT2D eigenvalue weighted by atomic mass is 32.2.